The van der Waals surface area contributed by atoms with E-state index in [1.165, 1.54) is 12.8 Å². The molecule has 106 valence electrons. The molecular formula is C13H24O5. The summed E-state index contributed by atoms with van der Waals surface area (Å²) in [7, 11) is 0. The average Bonchev–Trinajstić information content (AvgIpc) is 3.24. The van der Waals surface area contributed by atoms with Crippen LogP contribution >= 0.6 is 0 Å². The van der Waals surface area contributed by atoms with Crippen LogP contribution in [0.5, 0.6) is 0 Å². The summed E-state index contributed by atoms with van der Waals surface area (Å²) in [6.07, 6.45) is 3.60. The van der Waals surface area contributed by atoms with Gasteiger partial charge in [0.05, 0.1) is 39.6 Å². The molecule has 0 saturated carbocycles. The van der Waals surface area contributed by atoms with Crippen molar-refractivity contribution in [2.75, 3.05) is 46.2 Å². The van der Waals surface area contributed by atoms with E-state index >= 15 is 0 Å². The van der Waals surface area contributed by atoms with Crippen LogP contribution in [-0.4, -0.2) is 64.6 Å². The van der Waals surface area contributed by atoms with Crippen LogP contribution in [0.25, 0.3) is 0 Å². The molecule has 0 bridgehead atoms. The minimum atomic E-state index is 0.392. The molecule has 3 unspecified atom stereocenters. The van der Waals surface area contributed by atoms with Crippen LogP contribution in [0.1, 0.15) is 19.8 Å². The molecule has 0 aromatic carbocycles. The zero-order chi connectivity index (χ0) is 12.6. The molecule has 3 saturated heterocycles. The van der Waals surface area contributed by atoms with Crippen LogP contribution in [0.2, 0.25) is 0 Å². The van der Waals surface area contributed by atoms with Gasteiger partial charge in [-0.3, -0.25) is 0 Å². The molecule has 3 fully saturated rings. The van der Waals surface area contributed by atoms with Gasteiger partial charge in [-0.2, -0.15) is 0 Å². The van der Waals surface area contributed by atoms with Crippen molar-refractivity contribution < 1.29 is 23.7 Å². The molecular weight excluding hydrogens is 236 g/mol. The molecule has 0 amide bonds. The van der Waals surface area contributed by atoms with E-state index < -0.39 is 0 Å². The van der Waals surface area contributed by atoms with Gasteiger partial charge in [-0.1, -0.05) is 13.3 Å². The second-order valence-corrected chi connectivity index (χ2v) is 4.83. The maximum atomic E-state index is 5.27. The Morgan fingerprint density at radius 2 is 1.28 bits per heavy atom. The van der Waals surface area contributed by atoms with Crippen molar-refractivity contribution in [3.8, 4) is 0 Å². The minimum Gasteiger partial charge on any atom is -0.379 e. The summed E-state index contributed by atoms with van der Waals surface area (Å²) in [6, 6.07) is 0. The van der Waals surface area contributed by atoms with Crippen LogP contribution < -0.4 is 0 Å². The number of hydrogen-bond acceptors (Lipinski definition) is 5. The molecule has 0 aromatic heterocycles. The summed E-state index contributed by atoms with van der Waals surface area (Å²) < 4.78 is 25.4. The highest BCUT2D eigenvalue weighted by atomic mass is 16.6. The molecule has 18 heavy (non-hydrogen) atoms. The van der Waals surface area contributed by atoms with Gasteiger partial charge in [-0.05, 0) is 6.42 Å². The Morgan fingerprint density at radius 3 is 1.67 bits per heavy atom. The van der Waals surface area contributed by atoms with Gasteiger partial charge in [0.2, 0.25) is 0 Å². The lowest BCUT2D eigenvalue weighted by Crippen LogP contribution is -2.06. The predicted octanol–water partition coefficient (Wildman–Crippen LogP) is 1.00. The summed E-state index contributed by atoms with van der Waals surface area (Å²) in [5.41, 5.74) is 0. The van der Waals surface area contributed by atoms with Crippen molar-refractivity contribution >= 4 is 0 Å². The number of unbranched alkanes of at least 4 members (excludes halogenated alkanes) is 1. The van der Waals surface area contributed by atoms with Crippen molar-refractivity contribution in [2.45, 2.75) is 38.1 Å². The third-order valence-electron chi connectivity index (χ3n) is 2.76. The fraction of sp³-hybridized carbons (Fsp3) is 1.00. The van der Waals surface area contributed by atoms with E-state index in [1.54, 1.807) is 0 Å². The first-order valence-electron chi connectivity index (χ1n) is 6.88. The average molecular weight is 260 g/mol. The fourth-order valence-corrected chi connectivity index (χ4v) is 1.28. The molecule has 5 nitrogen and oxygen atoms in total. The molecule has 3 heterocycles. The molecule has 0 aliphatic carbocycles. The van der Waals surface area contributed by atoms with E-state index in [-0.39, 0.29) is 0 Å². The predicted molar refractivity (Wildman–Crippen MR) is 65.8 cm³/mol. The second kappa shape index (κ2) is 8.07. The molecule has 0 aromatic rings. The topological polar surface area (TPSA) is 56.0 Å². The highest BCUT2D eigenvalue weighted by molar-refractivity contribution is 4.71. The first kappa shape index (κ1) is 14.2. The summed E-state index contributed by atoms with van der Waals surface area (Å²) in [6.45, 7) is 8.04. The third kappa shape index (κ3) is 8.00. The van der Waals surface area contributed by atoms with Gasteiger partial charge in [0, 0.05) is 6.61 Å². The van der Waals surface area contributed by atoms with Gasteiger partial charge in [-0.25, -0.2) is 0 Å². The maximum absolute atomic E-state index is 5.27. The maximum Gasteiger partial charge on any atom is 0.104 e. The van der Waals surface area contributed by atoms with Crippen molar-refractivity contribution in [1.82, 2.24) is 0 Å². The zero-order valence-corrected chi connectivity index (χ0v) is 11.1. The van der Waals surface area contributed by atoms with Crippen LogP contribution in [0, 0.1) is 0 Å². The molecule has 5 heteroatoms. The number of rotatable bonds is 9. The zero-order valence-electron chi connectivity index (χ0n) is 11.1. The molecule has 0 radical (unpaired) electrons. The van der Waals surface area contributed by atoms with Crippen LogP contribution in [0.4, 0.5) is 0 Å². The van der Waals surface area contributed by atoms with Gasteiger partial charge in [0.25, 0.3) is 0 Å². The van der Waals surface area contributed by atoms with Crippen LogP contribution in [0.3, 0.4) is 0 Å². The van der Waals surface area contributed by atoms with E-state index in [9.17, 15) is 0 Å². The highest BCUT2D eigenvalue weighted by Gasteiger charge is 2.26. The fourth-order valence-electron chi connectivity index (χ4n) is 1.28. The lowest BCUT2D eigenvalue weighted by atomic mass is 10.4. The molecule has 3 aliphatic rings. The Hall–Kier alpha value is -0.200. The van der Waals surface area contributed by atoms with E-state index in [4.69, 9.17) is 23.7 Å². The Balaban J connectivity index is 0.000000134. The molecule has 3 aliphatic heterocycles. The Morgan fingerprint density at radius 1 is 0.833 bits per heavy atom. The van der Waals surface area contributed by atoms with Crippen molar-refractivity contribution in [3.63, 3.8) is 0 Å². The highest BCUT2D eigenvalue weighted by Crippen LogP contribution is 2.12. The van der Waals surface area contributed by atoms with E-state index in [0.29, 0.717) is 18.3 Å². The Bertz CT molecular complexity index is 199. The minimum absolute atomic E-state index is 0.392. The van der Waals surface area contributed by atoms with Crippen LogP contribution in [-0.2, 0) is 23.7 Å². The summed E-state index contributed by atoms with van der Waals surface area (Å²) in [5, 5.41) is 0. The SMILES string of the molecule is C(OCC1CO1)C1CO1.CCCCOCC1CO1. The van der Waals surface area contributed by atoms with E-state index in [1.807, 2.05) is 0 Å². The summed E-state index contributed by atoms with van der Waals surface area (Å²) in [4.78, 5) is 0. The first-order chi connectivity index (χ1) is 8.88. The lowest BCUT2D eigenvalue weighted by molar-refractivity contribution is 0.102. The van der Waals surface area contributed by atoms with Gasteiger partial charge in [-0.15, -0.1) is 0 Å². The van der Waals surface area contributed by atoms with Crippen molar-refractivity contribution in [2.24, 2.45) is 0 Å². The number of epoxide rings is 3. The molecule has 0 spiro atoms. The molecule has 0 N–H and O–H groups in total. The summed E-state index contributed by atoms with van der Waals surface area (Å²) >= 11 is 0. The molecule has 3 rings (SSSR count). The van der Waals surface area contributed by atoms with Crippen molar-refractivity contribution in [3.05, 3.63) is 0 Å². The van der Waals surface area contributed by atoms with Gasteiger partial charge in [0.15, 0.2) is 0 Å². The first-order valence-corrected chi connectivity index (χ1v) is 6.88. The van der Waals surface area contributed by atoms with Gasteiger partial charge >= 0.3 is 0 Å². The normalized spacial score (nSPS) is 31.5. The smallest absolute Gasteiger partial charge is 0.104 e. The van der Waals surface area contributed by atoms with E-state index in [2.05, 4.69) is 6.92 Å². The van der Waals surface area contributed by atoms with E-state index in [0.717, 1.165) is 46.2 Å². The monoisotopic (exact) mass is 260 g/mol. The van der Waals surface area contributed by atoms with Crippen molar-refractivity contribution in [1.29, 1.82) is 0 Å². The lowest BCUT2D eigenvalue weighted by Gasteiger charge is -1.97. The second-order valence-electron chi connectivity index (χ2n) is 4.83. The molecule has 3 atom stereocenters. The number of hydrogen-bond donors (Lipinski definition) is 0. The Kier molecular flexibility index (Phi) is 6.37. The third-order valence-corrected chi connectivity index (χ3v) is 2.76. The quantitative estimate of drug-likeness (QED) is 0.457. The van der Waals surface area contributed by atoms with Crippen LogP contribution in [0.15, 0.2) is 0 Å². The largest absolute Gasteiger partial charge is 0.379 e. The summed E-state index contributed by atoms with van der Waals surface area (Å²) in [5.74, 6) is 0. The number of ether oxygens (including phenoxy) is 5. The Labute approximate surface area is 109 Å². The standard InChI is InChI=1S/C7H14O2.C6H10O3/c1-2-3-4-8-5-7-6-9-7;1(5-3-8-5)7-2-6-4-9-6/h7H,2-6H2,1H3;5-6H,1-4H2. The van der Waals surface area contributed by atoms with Gasteiger partial charge in [0.1, 0.15) is 18.3 Å². The van der Waals surface area contributed by atoms with Gasteiger partial charge < -0.3 is 23.7 Å².